The van der Waals surface area contributed by atoms with Gasteiger partial charge < -0.3 is 10.0 Å². The van der Waals surface area contributed by atoms with Crippen LogP contribution in [-0.4, -0.2) is 34.6 Å². The van der Waals surface area contributed by atoms with Crippen molar-refractivity contribution >= 4 is 5.91 Å². The number of hydrogen-bond donors (Lipinski definition) is 1. The van der Waals surface area contributed by atoms with E-state index in [4.69, 9.17) is 0 Å². The number of aliphatic hydroxyl groups is 1. The molecule has 6 heteroatoms. The van der Waals surface area contributed by atoms with E-state index in [1.54, 1.807) is 13.0 Å². The van der Waals surface area contributed by atoms with Crippen LogP contribution in [0.3, 0.4) is 0 Å². The molecular formula is C19H24F3NO2. The van der Waals surface area contributed by atoms with Crippen LogP contribution >= 0.6 is 0 Å². The molecule has 1 aliphatic carbocycles. The Bertz CT molecular complexity index is 626. The second kappa shape index (κ2) is 6.63. The number of benzene rings is 1. The van der Waals surface area contributed by atoms with Crippen molar-refractivity contribution in [3.05, 3.63) is 35.4 Å². The number of hydrogen-bond acceptors (Lipinski definition) is 2. The fourth-order valence-electron chi connectivity index (χ4n) is 4.00. The summed E-state index contributed by atoms with van der Waals surface area (Å²) in [6.45, 7) is 3.06. The molecule has 0 unspecified atom stereocenters. The van der Waals surface area contributed by atoms with Gasteiger partial charge in [-0.2, -0.15) is 13.2 Å². The maximum Gasteiger partial charge on any atom is 0.416 e. The molecule has 1 amide bonds. The van der Waals surface area contributed by atoms with Crippen molar-refractivity contribution in [3.63, 3.8) is 0 Å². The first-order valence-corrected chi connectivity index (χ1v) is 8.81. The fourth-order valence-corrected chi connectivity index (χ4v) is 4.00. The van der Waals surface area contributed by atoms with E-state index in [-0.39, 0.29) is 11.8 Å². The molecule has 3 rings (SSSR count). The van der Waals surface area contributed by atoms with Crippen molar-refractivity contribution in [2.75, 3.05) is 13.1 Å². The quantitative estimate of drug-likeness (QED) is 0.899. The van der Waals surface area contributed by atoms with E-state index in [1.165, 1.54) is 12.1 Å². The van der Waals surface area contributed by atoms with Crippen LogP contribution in [0.15, 0.2) is 24.3 Å². The number of likely N-dealkylation sites (tertiary alicyclic amines) is 1. The molecule has 0 radical (unpaired) electrons. The molecule has 25 heavy (non-hydrogen) atoms. The largest absolute Gasteiger partial charge is 0.416 e. The number of halogens is 3. The highest BCUT2D eigenvalue weighted by atomic mass is 19.4. The van der Waals surface area contributed by atoms with E-state index in [0.717, 1.165) is 18.9 Å². The molecule has 1 aromatic carbocycles. The molecule has 0 bridgehead atoms. The van der Waals surface area contributed by atoms with E-state index in [0.29, 0.717) is 43.8 Å². The van der Waals surface area contributed by atoms with Gasteiger partial charge in [0, 0.05) is 19.0 Å². The first-order chi connectivity index (χ1) is 11.6. The molecule has 0 atom stereocenters. The van der Waals surface area contributed by atoms with Crippen molar-refractivity contribution in [1.82, 2.24) is 4.90 Å². The number of alkyl halides is 3. The lowest BCUT2D eigenvalue weighted by atomic mass is 9.71. The molecule has 3 nitrogen and oxygen atoms in total. The SMILES string of the molecule is C[C@]1(O)C[C@@H](C(=O)N2CCC(Cc3cccc(C(F)(F)F)c3)CC2)C1. The molecule has 0 aromatic heterocycles. The third kappa shape index (κ3) is 4.35. The minimum Gasteiger partial charge on any atom is -0.390 e. The lowest BCUT2D eigenvalue weighted by Gasteiger charge is -2.43. The molecule has 0 spiro atoms. The van der Waals surface area contributed by atoms with Crippen molar-refractivity contribution in [2.45, 2.75) is 50.8 Å². The minimum atomic E-state index is -4.31. The molecule has 1 saturated heterocycles. The van der Waals surface area contributed by atoms with Gasteiger partial charge in [0.25, 0.3) is 0 Å². The third-order valence-corrected chi connectivity index (χ3v) is 5.43. The molecule has 1 saturated carbocycles. The Balaban J connectivity index is 1.51. The Hall–Kier alpha value is -1.56. The van der Waals surface area contributed by atoms with Gasteiger partial charge in [-0.05, 0) is 56.6 Å². The summed E-state index contributed by atoms with van der Waals surface area (Å²) in [5.74, 6) is 0.344. The normalized spacial score (nSPS) is 27.9. The minimum absolute atomic E-state index is 0.0741. The van der Waals surface area contributed by atoms with Crippen molar-refractivity contribution in [2.24, 2.45) is 11.8 Å². The average Bonchev–Trinajstić information content (AvgIpc) is 2.52. The summed E-state index contributed by atoms with van der Waals surface area (Å²) in [6.07, 6.45) is -1.03. The third-order valence-electron chi connectivity index (χ3n) is 5.43. The van der Waals surface area contributed by atoms with Crippen LogP contribution in [0.2, 0.25) is 0 Å². The molecule has 138 valence electrons. The Labute approximate surface area is 145 Å². The summed E-state index contributed by atoms with van der Waals surface area (Å²) in [5.41, 5.74) is -0.605. The zero-order chi connectivity index (χ0) is 18.2. The van der Waals surface area contributed by atoms with Crippen molar-refractivity contribution in [1.29, 1.82) is 0 Å². The van der Waals surface area contributed by atoms with Crippen LogP contribution < -0.4 is 0 Å². The molecule has 1 aromatic rings. The van der Waals surface area contributed by atoms with Gasteiger partial charge in [-0.3, -0.25) is 4.79 Å². The van der Waals surface area contributed by atoms with Gasteiger partial charge in [-0.25, -0.2) is 0 Å². The van der Waals surface area contributed by atoms with E-state index in [1.807, 2.05) is 4.90 Å². The average molecular weight is 355 g/mol. The number of piperidine rings is 1. The standard InChI is InChI=1S/C19H24F3NO2/c1-18(25)11-15(12-18)17(24)23-7-5-13(6-8-23)9-14-3-2-4-16(10-14)19(20,21)22/h2-4,10,13,15,25H,5-9,11-12H2,1H3/t15-,18+. The molecule has 1 heterocycles. The van der Waals surface area contributed by atoms with Crippen molar-refractivity contribution in [3.8, 4) is 0 Å². The first kappa shape index (κ1) is 18.2. The van der Waals surface area contributed by atoms with Crippen LogP contribution in [0, 0.1) is 11.8 Å². The number of carbonyl (C=O) groups excluding carboxylic acids is 1. The van der Waals surface area contributed by atoms with Gasteiger partial charge in [0.05, 0.1) is 11.2 Å². The van der Waals surface area contributed by atoms with Gasteiger partial charge in [0.15, 0.2) is 0 Å². The van der Waals surface area contributed by atoms with Crippen LogP contribution in [0.5, 0.6) is 0 Å². The van der Waals surface area contributed by atoms with Gasteiger partial charge in [0.1, 0.15) is 0 Å². The first-order valence-electron chi connectivity index (χ1n) is 8.81. The topological polar surface area (TPSA) is 40.5 Å². The Kier molecular flexibility index (Phi) is 4.84. The predicted molar refractivity (Wildman–Crippen MR) is 87.8 cm³/mol. The smallest absolute Gasteiger partial charge is 0.390 e. The lowest BCUT2D eigenvalue weighted by Crippen LogP contribution is -2.51. The zero-order valence-corrected chi connectivity index (χ0v) is 14.4. The highest BCUT2D eigenvalue weighted by Gasteiger charge is 2.44. The van der Waals surface area contributed by atoms with Crippen LogP contribution in [0.4, 0.5) is 13.2 Å². The Morgan fingerprint density at radius 3 is 2.48 bits per heavy atom. The lowest BCUT2D eigenvalue weighted by molar-refractivity contribution is -0.151. The second-order valence-corrected chi connectivity index (χ2v) is 7.77. The summed E-state index contributed by atoms with van der Waals surface area (Å²) in [4.78, 5) is 14.2. The predicted octanol–water partition coefficient (Wildman–Crippen LogP) is 3.65. The summed E-state index contributed by atoms with van der Waals surface area (Å²) in [7, 11) is 0. The van der Waals surface area contributed by atoms with Crippen LogP contribution in [-0.2, 0) is 17.4 Å². The Morgan fingerprint density at radius 2 is 1.92 bits per heavy atom. The van der Waals surface area contributed by atoms with Crippen LogP contribution in [0.25, 0.3) is 0 Å². The van der Waals surface area contributed by atoms with Gasteiger partial charge in [-0.1, -0.05) is 18.2 Å². The molecule has 1 N–H and O–H groups in total. The van der Waals surface area contributed by atoms with E-state index < -0.39 is 17.3 Å². The fraction of sp³-hybridized carbons (Fsp3) is 0.632. The summed E-state index contributed by atoms with van der Waals surface area (Å²) >= 11 is 0. The van der Waals surface area contributed by atoms with E-state index in [9.17, 15) is 23.1 Å². The van der Waals surface area contributed by atoms with E-state index >= 15 is 0 Å². The highest BCUT2D eigenvalue weighted by molar-refractivity contribution is 5.80. The molecule has 1 aliphatic heterocycles. The van der Waals surface area contributed by atoms with Gasteiger partial charge in [-0.15, -0.1) is 0 Å². The maximum absolute atomic E-state index is 12.8. The number of nitrogens with zero attached hydrogens (tertiary/aromatic N) is 1. The monoisotopic (exact) mass is 355 g/mol. The second-order valence-electron chi connectivity index (χ2n) is 7.77. The number of rotatable bonds is 3. The Morgan fingerprint density at radius 1 is 1.28 bits per heavy atom. The maximum atomic E-state index is 12.8. The summed E-state index contributed by atoms with van der Waals surface area (Å²) in [6, 6.07) is 5.52. The number of amides is 1. The highest BCUT2D eigenvalue weighted by Crippen LogP contribution is 2.39. The van der Waals surface area contributed by atoms with Gasteiger partial charge >= 0.3 is 6.18 Å². The summed E-state index contributed by atoms with van der Waals surface area (Å²) in [5, 5.41) is 9.77. The molecular weight excluding hydrogens is 331 g/mol. The number of carbonyl (C=O) groups is 1. The zero-order valence-electron chi connectivity index (χ0n) is 14.4. The van der Waals surface area contributed by atoms with Crippen LogP contribution in [0.1, 0.15) is 43.7 Å². The summed E-state index contributed by atoms with van der Waals surface area (Å²) < 4.78 is 38.4. The molecule has 2 fully saturated rings. The van der Waals surface area contributed by atoms with Gasteiger partial charge in [0.2, 0.25) is 5.91 Å². The van der Waals surface area contributed by atoms with E-state index in [2.05, 4.69) is 0 Å². The van der Waals surface area contributed by atoms with Crippen molar-refractivity contribution < 1.29 is 23.1 Å². The molecule has 2 aliphatic rings.